The lowest BCUT2D eigenvalue weighted by Gasteiger charge is -2.26. The van der Waals surface area contributed by atoms with Crippen LogP contribution in [0.3, 0.4) is 0 Å². The third-order valence-corrected chi connectivity index (χ3v) is 3.19. The second kappa shape index (κ2) is 5.64. The van der Waals surface area contributed by atoms with Gasteiger partial charge in [-0.15, -0.1) is 0 Å². The Morgan fingerprint density at radius 2 is 2.27 bits per heavy atom. The maximum atomic E-state index is 5.63. The molecule has 0 saturated carbocycles. The van der Waals surface area contributed by atoms with E-state index in [0.29, 0.717) is 0 Å². The second-order valence-electron chi connectivity index (χ2n) is 4.00. The molecule has 2 rings (SSSR count). The van der Waals surface area contributed by atoms with E-state index in [0.717, 1.165) is 23.6 Å². The van der Waals surface area contributed by atoms with Gasteiger partial charge < -0.3 is 10.1 Å². The van der Waals surface area contributed by atoms with E-state index in [1.54, 1.807) is 0 Å². The van der Waals surface area contributed by atoms with Crippen LogP contribution in [0.4, 0.5) is 0 Å². The van der Waals surface area contributed by atoms with Gasteiger partial charge in [-0.1, -0.05) is 28.1 Å². The molecule has 0 bridgehead atoms. The van der Waals surface area contributed by atoms with Crippen molar-refractivity contribution in [3.05, 3.63) is 34.3 Å². The zero-order valence-electron chi connectivity index (χ0n) is 8.71. The van der Waals surface area contributed by atoms with Gasteiger partial charge in [0.25, 0.3) is 0 Å². The molecule has 3 heteroatoms. The van der Waals surface area contributed by atoms with Gasteiger partial charge in [0.2, 0.25) is 0 Å². The summed E-state index contributed by atoms with van der Waals surface area (Å²) in [6, 6.07) is 8.27. The highest BCUT2D eigenvalue weighted by Gasteiger charge is 2.15. The lowest BCUT2D eigenvalue weighted by atomic mass is 10.0. The number of nitrogens with one attached hydrogen (secondary N) is 1. The van der Waals surface area contributed by atoms with Gasteiger partial charge in [-0.05, 0) is 43.1 Å². The van der Waals surface area contributed by atoms with Crippen molar-refractivity contribution >= 4 is 15.9 Å². The maximum absolute atomic E-state index is 5.63. The molecule has 1 fully saturated rings. The van der Waals surface area contributed by atoms with E-state index < -0.39 is 0 Å². The summed E-state index contributed by atoms with van der Waals surface area (Å²) < 4.78 is 6.75. The summed E-state index contributed by atoms with van der Waals surface area (Å²) in [5, 5.41) is 3.27. The van der Waals surface area contributed by atoms with Gasteiger partial charge in [-0.25, -0.2) is 0 Å². The first-order chi connectivity index (χ1) is 7.34. The van der Waals surface area contributed by atoms with Crippen LogP contribution >= 0.6 is 15.9 Å². The monoisotopic (exact) mass is 269 g/mol. The molecule has 0 aliphatic carbocycles. The zero-order chi connectivity index (χ0) is 10.5. The molecule has 0 unspecified atom stereocenters. The zero-order valence-corrected chi connectivity index (χ0v) is 10.3. The summed E-state index contributed by atoms with van der Waals surface area (Å²) in [7, 11) is 0. The molecule has 15 heavy (non-hydrogen) atoms. The maximum Gasteiger partial charge on any atom is 0.0717 e. The number of hydrogen-bond acceptors (Lipinski definition) is 2. The van der Waals surface area contributed by atoms with Gasteiger partial charge in [0.1, 0.15) is 0 Å². The van der Waals surface area contributed by atoms with Crippen molar-refractivity contribution in [3.63, 3.8) is 0 Å². The van der Waals surface area contributed by atoms with Crippen molar-refractivity contribution in [1.29, 1.82) is 0 Å². The molecule has 0 aromatic heterocycles. The van der Waals surface area contributed by atoms with Gasteiger partial charge in [0.15, 0.2) is 0 Å². The molecule has 0 spiro atoms. The minimum Gasteiger partial charge on any atom is -0.377 e. The molecule has 2 nitrogen and oxygen atoms in total. The molecule has 1 heterocycles. The van der Waals surface area contributed by atoms with E-state index in [9.17, 15) is 0 Å². The van der Waals surface area contributed by atoms with Crippen molar-refractivity contribution in [2.75, 3.05) is 19.7 Å². The fourth-order valence-corrected chi connectivity index (χ4v) is 2.07. The lowest BCUT2D eigenvalue weighted by Crippen LogP contribution is -2.42. The van der Waals surface area contributed by atoms with E-state index in [1.165, 1.54) is 25.1 Å². The number of rotatable bonds is 5. The van der Waals surface area contributed by atoms with E-state index >= 15 is 0 Å². The summed E-state index contributed by atoms with van der Waals surface area (Å²) in [5.41, 5.74) is 1.23. The van der Waals surface area contributed by atoms with E-state index in [-0.39, 0.29) is 0 Å². The second-order valence-corrected chi connectivity index (χ2v) is 4.91. The van der Waals surface area contributed by atoms with E-state index in [2.05, 4.69) is 33.4 Å². The SMILES string of the molecule is Brc1cccc(COCCC2CNC2)c1. The molecule has 1 aromatic carbocycles. The minimum atomic E-state index is 0.722. The summed E-state index contributed by atoms with van der Waals surface area (Å²) in [6.45, 7) is 3.93. The predicted molar refractivity (Wildman–Crippen MR) is 64.8 cm³/mol. The fourth-order valence-electron chi connectivity index (χ4n) is 1.62. The average molecular weight is 270 g/mol. The Hall–Kier alpha value is -0.380. The minimum absolute atomic E-state index is 0.722. The Bertz CT molecular complexity index is 312. The highest BCUT2D eigenvalue weighted by molar-refractivity contribution is 9.10. The van der Waals surface area contributed by atoms with Crippen LogP contribution in [0.2, 0.25) is 0 Å². The molecule has 1 N–H and O–H groups in total. The normalized spacial score (nSPS) is 16.3. The number of benzene rings is 1. The summed E-state index contributed by atoms with van der Waals surface area (Å²) in [6.07, 6.45) is 1.18. The molecule has 82 valence electrons. The molecular weight excluding hydrogens is 254 g/mol. The molecule has 0 amide bonds. The Balaban J connectivity index is 1.64. The first-order valence-electron chi connectivity index (χ1n) is 5.37. The number of ether oxygens (including phenoxy) is 1. The third kappa shape index (κ3) is 3.59. The molecule has 1 aliphatic heterocycles. The topological polar surface area (TPSA) is 21.3 Å². The quantitative estimate of drug-likeness (QED) is 0.830. The van der Waals surface area contributed by atoms with Gasteiger partial charge in [-0.3, -0.25) is 0 Å². The molecule has 1 aliphatic rings. The van der Waals surface area contributed by atoms with Crippen molar-refractivity contribution in [2.24, 2.45) is 5.92 Å². The number of hydrogen-bond donors (Lipinski definition) is 1. The van der Waals surface area contributed by atoms with Gasteiger partial charge in [0, 0.05) is 11.1 Å². The summed E-state index contributed by atoms with van der Waals surface area (Å²) in [4.78, 5) is 0. The first-order valence-corrected chi connectivity index (χ1v) is 6.17. The molecule has 0 radical (unpaired) electrons. The van der Waals surface area contributed by atoms with Crippen LogP contribution in [0, 0.1) is 5.92 Å². The Morgan fingerprint density at radius 3 is 2.93 bits per heavy atom. The van der Waals surface area contributed by atoms with Crippen LogP contribution in [0.5, 0.6) is 0 Å². The molecule has 1 saturated heterocycles. The van der Waals surface area contributed by atoms with Crippen molar-refractivity contribution in [2.45, 2.75) is 13.0 Å². The predicted octanol–water partition coefficient (Wildman–Crippen LogP) is 2.58. The molecule has 0 atom stereocenters. The van der Waals surface area contributed by atoms with Crippen LogP contribution in [-0.2, 0) is 11.3 Å². The van der Waals surface area contributed by atoms with Crippen molar-refractivity contribution in [1.82, 2.24) is 5.32 Å². The third-order valence-electron chi connectivity index (χ3n) is 2.69. The van der Waals surface area contributed by atoms with Crippen molar-refractivity contribution < 1.29 is 4.74 Å². The number of halogens is 1. The standard InChI is InChI=1S/C12H16BrNO/c13-12-3-1-2-10(6-12)9-15-5-4-11-7-14-8-11/h1-3,6,11,14H,4-5,7-9H2. The highest BCUT2D eigenvalue weighted by atomic mass is 79.9. The van der Waals surface area contributed by atoms with Crippen molar-refractivity contribution in [3.8, 4) is 0 Å². The first kappa shape index (κ1) is 11.1. The van der Waals surface area contributed by atoms with E-state index in [4.69, 9.17) is 4.74 Å². The fraction of sp³-hybridized carbons (Fsp3) is 0.500. The van der Waals surface area contributed by atoms with Crippen LogP contribution in [-0.4, -0.2) is 19.7 Å². The van der Waals surface area contributed by atoms with Crippen LogP contribution in [0.15, 0.2) is 28.7 Å². The Labute approximate surface area is 99.1 Å². The molecule has 1 aromatic rings. The average Bonchev–Trinajstić information content (AvgIpc) is 2.15. The highest BCUT2D eigenvalue weighted by Crippen LogP contribution is 2.13. The van der Waals surface area contributed by atoms with Gasteiger partial charge >= 0.3 is 0 Å². The summed E-state index contributed by atoms with van der Waals surface area (Å²) in [5.74, 6) is 0.840. The lowest BCUT2D eigenvalue weighted by molar-refractivity contribution is 0.0993. The Morgan fingerprint density at radius 1 is 1.40 bits per heavy atom. The molecular formula is C12H16BrNO. The summed E-state index contributed by atoms with van der Waals surface area (Å²) >= 11 is 3.45. The van der Waals surface area contributed by atoms with E-state index in [1.807, 2.05) is 12.1 Å². The van der Waals surface area contributed by atoms with Crippen LogP contribution in [0.25, 0.3) is 0 Å². The van der Waals surface area contributed by atoms with Gasteiger partial charge in [-0.2, -0.15) is 0 Å². The largest absolute Gasteiger partial charge is 0.377 e. The van der Waals surface area contributed by atoms with Crippen LogP contribution in [0.1, 0.15) is 12.0 Å². The van der Waals surface area contributed by atoms with Gasteiger partial charge in [0.05, 0.1) is 6.61 Å². The van der Waals surface area contributed by atoms with Crippen LogP contribution < -0.4 is 5.32 Å². The Kier molecular flexibility index (Phi) is 4.18. The smallest absolute Gasteiger partial charge is 0.0717 e.